The molecular weight excluding hydrogens is 314 g/mol. The Balaban J connectivity index is 2.47. The minimum Gasteiger partial charge on any atom is -0.327 e. The fourth-order valence-corrected chi connectivity index (χ4v) is 4.61. The molecule has 1 unspecified atom stereocenters. The van der Waals surface area contributed by atoms with Crippen LogP contribution in [-0.2, 0) is 5.41 Å². The van der Waals surface area contributed by atoms with Crippen molar-refractivity contribution in [2.24, 2.45) is 5.73 Å². The molecule has 1 nitrogen and oxygen atoms in total. The second-order valence-corrected chi connectivity index (χ2v) is 8.25. The third kappa shape index (κ3) is 7.82. The number of nitrogens with two attached hydrogens (primary N) is 1. The van der Waals surface area contributed by atoms with Crippen molar-refractivity contribution in [2.75, 3.05) is 0 Å². The van der Waals surface area contributed by atoms with Crippen molar-refractivity contribution in [2.45, 2.75) is 122 Å². The summed E-state index contributed by atoms with van der Waals surface area (Å²) in [4.78, 5) is 0. The van der Waals surface area contributed by atoms with Gasteiger partial charge in [0.25, 0.3) is 0 Å². The molecule has 0 aliphatic carbocycles. The molecule has 1 heteroatoms. The van der Waals surface area contributed by atoms with Crippen LogP contribution in [0.2, 0.25) is 0 Å². The lowest BCUT2D eigenvalue weighted by Gasteiger charge is -2.40. The SMILES string of the molecule is CCCCCCCCCCCC(N)C(CCC)(CCC)c1ccccc1. The van der Waals surface area contributed by atoms with E-state index in [-0.39, 0.29) is 11.5 Å². The van der Waals surface area contributed by atoms with E-state index in [1.54, 1.807) is 0 Å². The van der Waals surface area contributed by atoms with E-state index in [2.05, 4.69) is 51.1 Å². The van der Waals surface area contributed by atoms with E-state index >= 15 is 0 Å². The van der Waals surface area contributed by atoms with Crippen LogP contribution in [0.4, 0.5) is 0 Å². The molecule has 0 amide bonds. The van der Waals surface area contributed by atoms with Gasteiger partial charge in [0.05, 0.1) is 0 Å². The minimum absolute atomic E-state index is 0.172. The van der Waals surface area contributed by atoms with Gasteiger partial charge >= 0.3 is 0 Å². The largest absolute Gasteiger partial charge is 0.327 e. The molecule has 0 bridgehead atoms. The molecule has 0 fully saturated rings. The van der Waals surface area contributed by atoms with E-state index in [1.165, 1.54) is 95.5 Å². The summed E-state index contributed by atoms with van der Waals surface area (Å²) in [6.45, 7) is 6.90. The Labute approximate surface area is 164 Å². The molecule has 0 spiro atoms. The Morgan fingerprint density at radius 2 is 1.19 bits per heavy atom. The molecule has 150 valence electrons. The van der Waals surface area contributed by atoms with Crippen LogP contribution >= 0.6 is 0 Å². The minimum atomic E-state index is 0.172. The molecule has 1 atom stereocenters. The molecule has 0 aromatic heterocycles. The van der Waals surface area contributed by atoms with Gasteiger partial charge in [-0.25, -0.2) is 0 Å². The molecule has 0 saturated heterocycles. The van der Waals surface area contributed by atoms with Gasteiger partial charge in [-0.05, 0) is 24.8 Å². The van der Waals surface area contributed by atoms with E-state index in [0.29, 0.717) is 0 Å². The second kappa shape index (κ2) is 14.3. The predicted octanol–water partition coefficient (Wildman–Crippen LogP) is 7.77. The topological polar surface area (TPSA) is 26.0 Å². The molecule has 2 N–H and O–H groups in total. The third-order valence-corrected chi connectivity index (χ3v) is 6.07. The van der Waals surface area contributed by atoms with Gasteiger partial charge in [0, 0.05) is 11.5 Å². The first-order valence-corrected chi connectivity index (χ1v) is 11.5. The fraction of sp³-hybridized carbons (Fsp3) is 0.760. The van der Waals surface area contributed by atoms with E-state index in [9.17, 15) is 0 Å². The summed E-state index contributed by atoms with van der Waals surface area (Å²) in [5.41, 5.74) is 8.49. The van der Waals surface area contributed by atoms with Crippen LogP contribution < -0.4 is 5.73 Å². The molecule has 0 radical (unpaired) electrons. The van der Waals surface area contributed by atoms with Gasteiger partial charge in [-0.1, -0.05) is 122 Å². The lowest BCUT2D eigenvalue weighted by Crippen LogP contribution is -2.45. The molecule has 0 aliphatic heterocycles. The molecule has 1 rings (SSSR count). The Kier molecular flexibility index (Phi) is 12.7. The lowest BCUT2D eigenvalue weighted by atomic mass is 9.67. The maximum absolute atomic E-state index is 6.85. The van der Waals surface area contributed by atoms with Crippen molar-refractivity contribution in [1.29, 1.82) is 0 Å². The molecule has 0 heterocycles. The van der Waals surface area contributed by atoms with Gasteiger partial charge < -0.3 is 5.73 Å². The number of benzene rings is 1. The van der Waals surface area contributed by atoms with Crippen molar-refractivity contribution in [1.82, 2.24) is 0 Å². The summed E-state index contributed by atoms with van der Waals surface area (Å²) in [5.74, 6) is 0. The summed E-state index contributed by atoms with van der Waals surface area (Å²) >= 11 is 0. The van der Waals surface area contributed by atoms with Gasteiger partial charge in [0.15, 0.2) is 0 Å². The number of hydrogen-bond donors (Lipinski definition) is 1. The van der Waals surface area contributed by atoms with E-state index in [1.807, 2.05) is 0 Å². The van der Waals surface area contributed by atoms with Gasteiger partial charge in [-0.3, -0.25) is 0 Å². The Morgan fingerprint density at radius 3 is 1.69 bits per heavy atom. The summed E-state index contributed by atoms with van der Waals surface area (Å²) in [5, 5.41) is 0. The van der Waals surface area contributed by atoms with Crippen molar-refractivity contribution in [3.8, 4) is 0 Å². The number of unbranched alkanes of at least 4 members (excludes halogenated alkanes) is 8. The van der Waals surface area contributed by atoms with Crippen LogP contribution in [-0.4, -0.2) is 6.04 Å². The number of hydrogen-bond acceptors (Lipinski definition) is 1. The standard InChI is InChI=1S/C25H45N/c1-4-7-8-9-10-11-12-13-17-20-24(26)25(21-5-2,22-6-3)23-18-15-14-16-19-23/h14-16,18-19,24H,4-13,17,20-22,26H2,1-3H3. The van der Waals surface area contributed by atoms with Gasteiger partial charge in [0.1, 0.15) is 0 Å². The van der Waals surface area contributed by atoms with Crippen molar-refractivity contribution in [3.05, 3.63) is 35.9 Å². The normalized spacial score (nSPS) is 13.1. The molecule has 0 saturated carbocycles. The molecule has 1 aromatic carbocycles. The lowest BCUT2D eigenvalue weighted by molar-refractivity contribution is 0.272. The van der Waals surface area contributed by atoms with Gasteiger partial charge in [-0.2, -0.15) is 0 Å². The maximum atomic E-state index is 6.85. The van der Waals surface area contributed by atoms with Crippen LogP contribution in [0.5, 0.6) is 0 Å². The van der Waals surface area contributed by atoms with Crippen molar-refractivity contribution < 1.29 is 0 Å². The van der Waals surface area contributed by atoms with Crippen LogP contribution in [0.25, 0.3) is 0 Å². The Morgan fingerprint density at radius 1 is 0.692 bits per heavy atom. The fourth-order valence-electron chi connectivity index (χ4n) is 4.61. The first kappa shape index (κ1) is 23.2. The molecule has 1 aromatic rings. The summed E-state index contributed by atoms with van der Waals surface area (Å²) in [7, 11) is 0. The number of rotatable bonds is 16. The second-order valence-electron chi connectivity index (χ2n) is 8.25. The first-order chi connectivity index (χ1) is 12.7. The quantitative estimate of drug-likeness (QED) is 0.300. The maximum Gasteiger partial charge on any atom is 0.0136 e. The van der Waals surface area contributed by atoms with Crippen molar-refractivity contribution >= 4 is 0 Å². The average molecular weight is 360 g/mol. The zero-order valence-corrected chi connectivity index (χ0v) is 17.9. The smallest absolute Gasteiger partial charge is 0.0136 e. The highest BCUT2D eigenvalue weighted by Gasteiger charge is 2.36. The molecule has 0 aliphatic rings. The molecular formula is C25H45N. The molecule has 26 heavy (non-hydrogen) atoms. The Hall–Kier alpha value is -0.820. The van der Waals surface area contributed by atoms with E-state index < -0.39 is 0 Å². The van der Waals surface area contributed by atoms with Crippen LogP contribution in [0.15, 0.2) is 30.3 Å². The zero-order valence-electron chi connectivity index (χ0n) is 17.9. The van der Waals surface area contributed by atoms with E-state index in [4.69, 9.17) is 5.73 Å². The summed E-state index contributed by atoms with van der Waals surface area (Å²) < 4.78 is 0. The summed E-state index contributed by atoms with van der Waals surface area (Å²) in [6.07, 6.45) is 18.5. The average Bonchev–Trinajstić information content (AvgIpc) is 2.67. The van der Waals surface area contributed by atoms with Crippen LogP contribution in [0, 0.1) is 0 Å². The van der Waals surface area contributed by atoms with E-state index in [0.717, 1.165) is 0 Å². The van der Waals surface area contributed by atoms with Crippen LogP contribution in [0.1, 0.15) is 116 Å². The highest BCUT2D eigenvalue weighted by Crippen LogP contribution is 2.38. The highest BCUT2D eigenvalue weighted by molar-refractivity contribution is 5.27. The zero-order chi connectivity index (χ0) is 19.1. The summed E-state index contributed by atoms with van der Waals surface area (Å²) in [6, 6.07) is 11.4. The monoisotopic (exact) mass is 359 g/mol. The Bertz CT molecular complexity index is 419. The first-order valence-electron chi connectivity index (χ1n) is 11.5. The highest BCUT2D eigenvalue weighted by atomic mass is 14.7. The van der Waals surface area contributed by atoms with Crippen LogP contribution in [0.3, 0.4) is 0 Å². The van der Waals surface area contributed by atoms with Gasteiger partial charge in [-0.15, -0.1) is 0 Å². The third-order valence-electron chi connectivity index (χ3n) is 6.07. The van der Waals surface area contributed by atoms with Gasteiger partial charge in [0.2, 0.25) is 0 Å². The van der Waals surface area contributed by atoms with Crippen molar-refractivity contribution in [3.63, 3.8) is 0 Å². The predicted molar refractivity (Wildman–Crippen MR) is 118 cm³/mol.